The van der Waals surface area contributed by atoms with Crippen LogP contribution in [0.25, 0.3) is 0 Å². The van der Waals surface area contributed by atoms with Gasteiger partial charge >= 0.3 is 0 Å². The predicted octanol–water partition coefficient (Wildman–Crippen LogP) is 3.01. The van der Waals surface area contributed by atoms with Gasteiger partial charge in [-0.3, -0.25) is 9.78 Å². The Kier molecular flexibility index (Phi) is 5.26. The van der Waals surface area contributed by atoms with Gasteiger partial charge in [0.25, 0.3) is 0 Å². The van der Waals surface area contributed by atoms with Crippen LogP contribution in [0.4, 0.5) is 0 Å². The fraction of sp³-hybridized carbons (Fsp3) is 0.400. The second-order valence-electron chi connectivity index (χ2n) is 6.28. The number of aromatic nitrogens is 1. The highest BCUT2D eigenvalue weighted by atomic mass is 16.5. The van der Waals surface area contributed by atoms with Crippen molar-refractivity contribution in [2.45, 2.75) is 38.2 Å². The van der Waals surface area contributed by atoms with Crippen molar-refractivity contribution in [3.63, 3.8) is 0 Å². The van der Waals surface area contributed by atoms with Crippen molar-refractivity contribution >= 4 is 5.91 Å². The second kappa shape index (κ2) is 7.58. The molecule has 1 amide bonds. The molecule has 0 aliphatic carbocycles. The number of hydrogen-bond acceptors (Lipinski definition) is 3. The molecule has 0 bridgehead atoms. The van der Waals surface area contributed by atoms with Gasteiger partial charge in [-0.25, -0.2) is 0 Å². The minimum Gasteiger partial charge on any atom is -0.368 e. The van der Waals surface area contributed by atoms with Gasteiger partial charge in [-0.05, 0) is 36.5 Å². The van der Waals surface area contributed by atoms with Gasteiger partial charge in [0.05, 0.1) is 13.0 Å². The van der Waals surface area contributed by atoms with Crippen molar-refractivity contribution in [2.75, 3.05) is 13.2 Å². The van der Waals surface area contributed by atoms with Crippen LogP contribution in [0.15, 0.2) is 48.7 Å². The first-order chi connectivity index (χ1) is 11.7. The van der Waals surface area contributed by atoms with Gasteiger partial charge in [-0.2, -0.15) is 0 Å². The fourth-order valence-electron chi connectivity index (χ4n) is 3.15. The molecule has 24 heavy (non-hydrogen) atoms. The molecule has 1 aliphatic rings. The molecule has 1 aliphatic heterocycles. The van der Waals surface area contributed by atoms with Crippen LogP contribution in [-0.4, -0.2) is 24.0 Å². The molecule has 1 aromatic heterocycles. The van der Waals surface area contributed by atoms with Crippen molar-refractivity contribution < 1.29 is 9.53 Å². The predicted molar refractivity (Wildman–Crippen MR) is 93.6 cm³/mol. The summed E-state index contributed by atoms with van der Waals surface area (Å²) in [6, 6.07) is 14.1. The van der Waals surface area contributed by atoms with Gasteiger partial charge < -0.3 is 10.1 Å². The molecule has 1 fully saturated rings. The SMILES string of the molecule is CCc1ccc(CC(=O)NCC2(c3ccccc3)CCCO2)nc1. The molecule has 0 spiro atoms. The number of amides is 1. The monoisotopic (exact) mass is 324 g/mol. The Balaban J connectivity index is 1.61. The van der Waals surface area contributed by atoms with Crippen molar-refractivity contribution in [3.05, 3.63) is 65.5 Å². The Morgan fingerprint density at radius 1 is 1.25 bits per heavy atom. The van der Waals surface area contributed by atoms with Crippen molar-refractivity contribution in [1.82, 2.24) is 10.3 Å². The lowest BCUT2D eigenvalue weighted by Crippen LogP contribution is -2.41. The van der Waals surface area contributed by atoms with Crippen LogP contribution >= 0.6 is 0 Å². The van der Waals surface area contributed by atoms with E-state index in [-0.39, 0.29) is 5.91 Å². The first-order valence-electron chi connectivity index (χ1n) is 8.62. The summed E-state index contributed by atoms with van der Waals surface area (Å²) in [5.41, 5.74) is 2.72. The molecule has 4 heteroatoms. The number of nitrogens with one attached hydrogen (secondary N) is 1. The average Bonchev–Trinajstić information content (AvgIpc) is 3.12. The first-order valence-corrected chi connectivity index (χ1v) is 8.62. The number of carbonyl (C=O) groups is 1. The molecule has 2 aromatic rings. The Morgan fingerprint density at radius 2 is 2.08 bits per heavy atom. The summed E-state index contributed by atoms with van der Waals surface area (Å²) in [6.45, 7) is 3.34. The smallest absolute Gasteiger partial charge is 0.226 e. The van der Waals surface area contributed by atoms with Crippen molar-refractivity contribution in [3.8, 4) is 0 Å². The zero-order valence-corrected chi connectivity index (χ0v) is 14.1. The average molecular weight is 324 g/mol. The molecular formula is C20H24N2O2. The van der Waals surface area contributed by atoms with Crippen LogP contribution in [0.3, 0.4) is 0 Å². The van der Waals surface area contributed by atoms with E-state index in [4.69, 9.17) is 4.74 Å². The van der Waals surface area contributed by atoms with E-state index in [1.165, 1.54) is 5.56 Å². The number of pyridine rings is 1. The Bertz CT molecular complexity index is 662. The van der Waals surface area contributed by atoms with Crippen LogP contribution in [0.2, 0.25) is 0 Å². The molecule has 1 aromatic carbocycles. The summed E-state index contributed by atoms with van der Waals surface area (Å²) in [7, 11) is 0. The van der Waals surface area contributed by atoms with Gasteiger partial charge in [0, 0.05) is 18.5 Å². The summed E-state index contributed by atoms with van der Waals surface area (Å²) in [6.07, 6.45) is 5.05. The molecule has 0 radical (unpaired) electrons. The van der Waals surface area contributed by atoms with E-state index in [0.717, 1.165) is 37.1 Å². The minimum absolute atomic E-state index is 0.0162. The molecule has 1 atom stereocenters. The topological polar surface area (TPSA) is 51.2 Å². The van der Waals surface area contributed by atoms with E-state index >= 15 is 0 Å². The lowest BCUT2D eigenvalue weighted by Gasteiger charge is -2.29. The Morgan fingerprint density at radius 3 is 2.71 bits per heavy atom. The fourth-order valence-corrected chi connectivity index (χ4v) is 3.15. The Labute approximate surface area is 143 Å². The third kappa shape index (κ3) is 3.82. The van der Waals surface area contributed by atoms with E-state index in [2.05, 4.69) is 29.4 Å². The van der Waals surface area contributed by atoms with E-state index in [0.29, 0.717) is 13.0 Å². The number of ether oxygens (including phenoxy) is 1. The summed E-state index contributed by atoms with van der Waals surface area (Å²) in [4.78, 5) is 16.6. The van der Waals surface area contributed by atoms with Gasteiger partial charge in [0.2, 0.25) is 5.91 Å². The van der Waals surface area contributed by atoms with Crippen molar-refractivity contribution in [2.24, 2.45) is 0 Å². The molecule has 0 saturated carbocycles. The van der Waals surface area contributed by atoms with Gasteiger partial charge in [0.15, 0.2) is 0 Å². The van der Waals surface area contributed by atoms with Crippen LogP contribution in [-0.2, 0) is 28.0 Å². The van der Waals surface area contributed by atoms with E-state index in [1.807, 2.05) is 36.5 Å². The maximum atomic E-state index is 12.3. The second-order valence-corrected chi connectivity index (χ2v) is 6.28. The highest BCUT2D eigenvalue weighted by Gasteiger charge is 2.37. The van der Waals surface area contributed by atoms with E-state index < -0.39 is 5.60 Å². The first kappa shape index (κ1) is 16.7. The highest BCUT2D eigenvalue weighted by Crippen LogP contribution is 2.35. The largest absolute Gasteiger partial charge is 0.368 e. The maximum absolute atomic E-state index is 12.3. The number of benzene rings is 1. The number of carbonyl (C=O) groups excluding carboxylic acids is 1. The minimum atomic E-state index is -0.392. The molecule has 3 rings (SSSR count). The van der Waals surface area contributed by atoms with E-state index in [9.17, 15) is 4.79 Å². The zero-order chi connectivity index (χ0) is 16.8. The van der Waals surface area contributed by atoms with Crippen LogP contribution < -0.4 is 5.32 Å². The number of hydrogen-bond donors (Lipinski definition) is 1. The number of nitrogens with zero attached hydrogens (tertiary/aromatic N) is 1. The maximum Gasteiger partial charge on any atom is 0.226 e. The summed E-state index contributed by atoms with van der Waals surface area (Å²) in [5.74, 6) is -0.0162. The summed E-state index contributed by atoms with van der Waals surface area (Å²) >= 11 is 0. The molecule has 1 unspecified atom stereocenters. The lowest BCUT2D eigenvalue weighted by atomic mass is 9.90. The quantitative estimate of drug-likeness (QED) is 0.888. The summed E-state index contributed by atoms with van der Waals surface area (Å²) < 4.78 is 6.03. The van der Waals surface area contributed by atoms with Gasteiger partial charge in [-0.15, -0.1) is 0 Å². The summed E-state index contributed by atoms with van der Waals surface area (Å²) in [5, 5.41) is 3.04. The lowest BCUT2D eigenvalue weighted by molar-refractivity contribution is -0.122. The third-order valence-electron chi connectivity index (χ3n) is 4.61. The zero-order valence-electron chi connectivity index (χ0n) is 14.1. The van der Waals surface area contributed by atoms with Crippen LogP contribution in [0.5, 0.6) is 0 Å². The van der Waals surface area contributed by atoms with E-state index in [1.54, 1.807) is 0 Å². The molecular weight excluding hydrogens is 300 g/mol. The number of rotatable bonds is 6. The van der Waals surface area contributed by atoms with Gasteiger partial charge in [-0.1, -0.05) is 43.3 Å². The molecule has 1 N–H and O–H groups in total. The van der Waals surface area contributed by atoms with Crippen LogP contribution in [0.1, 0.15) is 36.6 Å². The molecule has 126 valence electrons. The Hall–Kier alpha value is -2.20. The normalized spacial score (nSPS) is 20.0. The molecule has 2 heterocycles. The molecule has 1 saturated heterocycles. The highest BCUT2D eigenvalue weighted by molar-refractivity contribution is 5.78. The number of aryl methyl sites for hydroxylation is 1. The van der Waals surface area contributed by atoms with Crippen LogP contribution in [0, 0.1) is 0 Å². The van der Waals surface area contributed by atoms with Crippen molar-refractivity contribution in [1.29, 1.82) is 0 Å². The standard InChI is InChI=1S/C20H24N2O2/c1-2-16-9-10-18(21-14-16)13-19(23)22-15-20(11-6-12-24-20)17-7-4-3-5-8-17/h3-5,7-10,14H,2,6,11-13,15H2,1H3,(H,22,23). The third-order valence-corrected chi connectivity index (χ3v) is 4.61. The van der Waals surface area contributed by atoms with Gasteiger partial charge in [0.1, 0.15) is 5.60 Å². The molecule has 4 nitrogen and oxygen atoms in total.